The number of ether oxygens (including phenoxy) is 1. The van der Waals surface area contributed by atoms with Gasteiger partial charge in [0.05, 0.1) is 37.1 Å². The summed E-state index contributed by atoms with van der Waals surface area (Å²) in [7, 11) is 1.64. The number of allylic oxidation sites excluding steroid dienone is 6. The number of nitrogens with zero attached hydrogens (tertiary/aromatic N) is 4. The van der Waals surface area contributed by atoms with Crippen molar-refractivity contribution in [2.24, 2.45) is 4.99 Å². The minimum absolute atomic E-state index is 0.0456. The van der Waals surface area contributed by atoms with Gasteiger partial charge < -0.3 is 15.0 Å². The molecule has 2 heterocycles. The van der Waals surface area contributed by atoms with Crippen LogP contribution in [-0.4, -0.2) is 59.1 Å². The molecule has 11 heteroatoms. The van der Waals surface area contributed by atoms with E-state index < -0.39 is 11.7 Å². The maximum Gasteiger partial charge on any atom is 0.412 e. The summed E-state index contributed by atoms with van der Waals surface area (Å²) in [5, 5.41) is 3.63. The summed E-state index contributed by atoms with van der Waals surface area (Å²) in [6, 6.07) is 9.39. The zero-order valence-electron chi connectivity index (χ0n) is 24.5. The average Bonchev–Trinajstić information content (AvgIpc) is 3.24. The maximum absolute atomic E-state index is 14.1. The van der Waals surface area contributed by atoms with Crippen molar-refractivity contribution in [3.8, 4) is 5.69 Å². The highest BCUT2D eigenvalue weighted by Gasteiger charge is 2.30. The number of hydrogen-bond donors (Lipinski definition) is 1. The molecule has 1 aliphatic heterocycles. The van der Waals surface area contributed by atoms with Crippen LogP contribution < -0.4 is 10.9 Å². The van der Waals surface area contributed by atoms with Crippen LogP contribution in [0, 0.1) is 0 Å². The third-order valence-electron chi connectivity index (χ3n) is 6.94. The Morgan fingerprint density at radius 3 is 2.77 bits per heavy atom. The molecule has 0 radical (unpaired) electrons. The van der Waals surface area contributed by atoms with Crippen LogP contribution in [0.2, 0.25) is 0 Å². The number of methoxy groups -OCH3 is 1. The monoisotopic (exact) mass is 611 g/mol. The van der Waals surface area contributed by atoms with Crippen LogP contribution in [0.1, 0.15) is 31.5 Å². The molecule has 43 heavy (non-hydrogen) atoms. The van der Waals surface area contributed by atoms with Crippen molar-refractivity contribution in [1.29, 1.82) is 0 Å². The molecule has 0 bridgehead atoms. The zero-order chi connectivity index (χ0) is 30.8. The summed E-state index contributed by atoms with van der Waals surface area (Å²) >= 11 is 1.49. The van der Waals surface area contributed by atoms with E-state index in [2.05, 4.69) is 16.4 Å². The standard InChI is InChI=1S/C32H36F3N5O2S/c1-4-5-17-36-30(37-18-15-23(2)32(33,34)35)39-19-16-28-27(21-39)29(41)40(25-12-7-6-8-13-25)31(38-28)43-22-24-11-9-10-14-26(20-24)42-3/h4-8,10-15,20H,9,16-19,21-22H2,1-3H3,(H,36,37)/b5-4-,23-15+. The van der Waals surface area contributed by atoms with Crippen molar-refractivity contribution in [2.75, 3.05) is 32.5 Å². The molecular formula is C32H36F3N5O2S. The predicted molar refractivity (Wildman–Crippen MR) is 167 cm³/mol. The Morgan fingerprint density at radius 1 is 1.26 bits per heavy atom. The molecule has 0 fully saturated rings. The number of thioether (sulfide) groups is 1. The van der Waals surface area contributed by atoms with Gasteiger partial charge in [0.15, 0.2) is 11.1 Å². The first-order valence-electron chi connectivity index (χ1n) is 14.0. The first kappa shape index (κ1) is 31.9. The van der Waals surface area contributed by atoms with Crippen LogP contribution in [0.3, 0.4) is 0 Å². The van der Waals surface area contributed by atoms with Gasteiger partial charge in [-0.05, 0) is 50.1 Å². The number of alkyl halides is 3. The largest absolute Gasteiger partial charge is 0.497 e. The van der Waals surface area contributed by atoms with E-state index in [9.17, 15) is 18.0 Å². The third kappa shape index (κ3) is 8.53. The van der Waals surface area contributed by atoms with E-state index in [1.165, 1.54) is 11.8 Å². The summed E-state index contributed by atoms with van der Waals surface area (Å²) in [6.07, 6.45) is 9.80. The molecule has 1 aliphatic carbocycles. The fourth-order valence-electron chi connectivity index (χ4n) is 4.53. The Hall–Kier alpha value is -3.99. The Bertz CT molecular complexity index is 1520. The van der Waals surface area contributed by atoms with Gasteiger partial charge in [-0.15, -0.1) is 0 Å². The van der Waals surface area contributed by atoms with Crippen molar-refractivity contribution >= 4 is 17.7 Å². The molecule has 4 rings (SSSR count). The molecule has 1 N–H and O–H groups in total. The molecule has 0 saturated heterocycles. The summed E-state index contributed by atoms with van der Waals surface area (Å²) < 4.78 is 46.1. The van der Waals surface area contributed by atoms with Gasteiger partial charge in [0.25, 0.3) is 5.56 Å². The van der Waals surface area contributed by atoms with Crippen LogP contribution in [0.15, 0.2) is 105 Å². The second-order valence-electron chi connectivity index (χ2n) is 9.92. The Kier molecular flexibility index (Phi) is 11.1. The highest BCUT2D eigenvalue weighted by Crippen LogP contribution is 2.27. The molecule has 1 aromatic heterocycles. The van der Waals surface area contributed by atoms with Crippen LogP contribution in [-0.2, 0) is 17.7 Å². The molecule has 1 aromatic carbocycles. The van der Waals surface area contributed by atoms with E-state index >= 15 is 0 Å². The van der Waals surface area contributed by atoms with Crippen molar-refractivity contribution < 1.29 is 17.9 Å². The number of para-hydroxylation sites is 1. The number of halogens is 3. The average molecular weight is 612 g/mol. The number of aromatic nitrogens is 2. The number of guanidine groups is 1. The van der Waals surface area contributed by atoms with E-state index in [0.29, 0.717) is 47.6 Å². The van der Waals surface area contributed by atoms with Gasteiger partial charge in [0, 0.05) is 30.8 Å². The van der Waals surface area contributed by atoms with E-state index in [-0.39, 0.29) is 18.6 Å². The lowest BCUT2D eigenvalue weighted by molar-refractivity contribution is -0.0915. The minimum Gasteiger partial charge on any atom is -0.497 e. The fourth-order valence-corrected chi connectivity index (χ4v) is 5.52. The van der Waals surface area contributed by atoms with Crippen molar-refractivity contribution in [1.82, 2.24) is 19.8 Å². The smallest absolute Gasteiger partial charge is 0.412 e. The second kappa shape index (κ2) is 15.0. The van der Waals surface area contributed by atoms with Gasteiger partial charge in [0.2, 0.25) is 0 Å². The number of rotatable bonds is 9. The number of benzene rings is 1. The molecule has 2 aliphatic rings. The molecule has 0 spiro atoms. The van der Waals surface area contributed by atoms with E-state index in [1.807, 2.05) is 72.5 Å². The van der Waals surface area contributed by atoms with Gasteiger partial charge in [-0.2, -0.15) is 13.2 Å². The summed E-state index contributed by atoms with van der Waals surface area (Å²) in [5.41, 5.74) is 2.20. The molecule has 228 valence electrons. The topological polar surface area (TPSA) is 71.8 Å². The van der Waals surface area contributed by atoms with Gasteiger partial charge in [-0.1, -0.05) is 60.3 Å². The van der Waals surface area contributed by atoms with Crippen LogP contribution in [0.4, 0.5) is 13.2 Å². The number of nitrogens with one attached hydrogen (secondary N) is 1. The van der Waals surface area contributed by atoms with Crippen molar-refractivity contribution in [2.45, 2.75) is 44.6 Å². The van der Waals surface area contributed by atoms with Gasteiger partial charge in [-0.25, -0.2) is 9.98 Å². The Balaban J connectivity index is 1.64. The molecule has 0 saturated carbocycles. The third-order valence-corrected chi connectivity index (χ3v) is 7.95. The van der Waals surface area contributed by atoms with Crippen molar-refractivity contribution in [3.05, 3.63) is 111 Å². The minimum atomic E-state index is -4.39. The lowest BCUT2D eigenvalue weighted by atomic mass is 10.1. The van der Waals surface area contributed by atoms with Crippen LogP contribution in [0.5, 0.6) is 0 Å². The number of aliphatic imine (C=N–C) groups is 1. The predicted octanol–water partition coefficient (Wildman–Crippen LogP) is 6.13. The Labute approximate surface area is 254 Å². The van der Waals surface area contributed by atoms with E-state index in [1.54, 1.807) is 11.7 Å². The Morgan fingerprint density at radius 2 is 2.05 bits per heavy atom. The van der Waals surface area contributed by atoms with Gasteiger partial charge in [0.1, 0.15) is 5.76 Å². The van der Waals surface area contributed by atoms with Crippen molar-refractivity contribution in [3.63, 3.8) is 0 Å². The van der Waals surface area contributed by atoms with Gasteiger partial charge >= 0.3 is 6.18 Å². The summed E-state index contributed by atoms with van der Waals surface area (Å²) in [5.74, 6) is 1.82. The summed E-state index contributed by atoms with van der Waals surface area (Å²) in [6.45, 7) is 3.98. The normalized spacial score (nSPS) is 16.1. The molecule has 7 nitrogen and oxygen atoms in total. The quantitative estimate of drug-likeness (QED) is 0.121. The van der Waals surface area contributed by atoms with E-state index in [4.69, 9.17) is 9.72 Å². The molecular weight excluding hydrogens is 575 g/mol. The summed E-state index contributed by atoms with van der Waals surface area (Å²) in [4.78, 5) is 25.5. The number of hydrogen-bond acceptors (Lipinski definition) is 5. The zero-order valence-corrected chi connectivity index (χ0v) is 25.3. The van der Waals surface area contributed by atoms with Crippen LogP contribution in [0.25, 0.3) is 5.69 Å². The van der Waals surface area contributed by atoms with E-state index in [0.717, 1.165) is 36.4 Å². The SMILES string of the molecule is C/C=C\CN=C(NC/C=C(\C)C(F)(F)F)N1CCc2nc(SCC3=CCC=CC(OC)=C3)n(-c3ccccc3)c(=O)c2C1. The molecule has 0 unspecified atom stereocenters. The lowest BCUT2D eigenvalue weighted by Gasteiger charge is -2.31. The highest BCUT2D eigenvalue weighted by molar-refractivity contribution is 7.99. The van der Waals surface area contributed by atoms with Gasteiger partial charge in [-0.3, -0.25) is 9.36 Å². The maximum atomic E-state index is 14.1. The highest BCUT2D eigenvalue weighted by atomic mass is 32.2. The first-order valence-corrected chi connectivity index (χ1v) is 15.0. The number of fused-ring (bicyclic) bond motifs is 1. The van der Waals surface area contributed by atoms with Crippen LogP contribution >= 0.6 is 11.8 Å². The molecule has 0 amide bonds. The second-order valence-corrected chi connectivity index (χ2v) is 10.9. The lowest BCUT2D eigenvalue weighted by Crippen LogP contribution is -2.46. The fraction of sp³-hybridized carbons (Fsp3) is 0.344. The first-order chi connectivity index (χ1) is 20.7. The molecule has 2 aromatic rings. The molecule has 0 atom stereocenters.